The van der Waals surface area contributed by atoms with Crippen LogP contribution < -0.4 is 9.80 Å². The predicted molar refractivity (Wildman–Crippen MR) is 338 cm³/mol. The van der Waals surface area contributed by atoms with Gasteiger partial charge in [-0.25, -0.2) is 26.3 Å². The zero-order chi connectivity index (χ0) is 59.3. The molecule has 9 heteroatoms. The molecule has 0 spiro atoms. The number of anilines is 6. The van der Waals surface area contributed by atoms with Gasteiger partial charge in [0.25, 0.3) is 0 Å². The number of hydrogen-bond donors (Lipinski definition) is 0. The van der Waals surface area contributed by atoms with Crippen LogP contribution in [0.4, 0.5) is 60.5 Å². The summed E-state index contributed by atoms with van der Waals surface area (Å²) in [7, 11) is 0. The van der Waals surface area contributed by atoms with Crippen molar-refractivity contribution >= 4 is 68.2 Å². The van der Waals surface area contributed by atoms with E-state index in [0.717, 1.165) is 102 Å². The van der Waals surface area contributed by atoms with Crippen LogP contribution in [0.25, 0.3) is 56.3 Å². The second kappa shape index (κ2) is 20.4. The van der Waals surface area contributed by atoms with E-state index in [9.17, 15) is 0 Å². The first kappa shape index (κ1) is 52.9. The quantitative estimate of drug-likeness (QED) is 0.114. The molecule has 418 valence electrons. The van der Waals surface area contributed by atoms with Gasteiger partial charge >= 0.3 is 0 Å². The monoisotopic (exact) mass is 1140 g/mol. The summed E-state index contributed by atoms with van der Waals surface area (Å²) in [6, 6.07) is 76.5. The Balaban J connectivity index is 0.997. The highest BCUT2D eigenvalue weighted by Crippen LogP contribution is 2.60. The number of benzene rings is 12. The van der Waals surface area contributed by atoms with Crippen LogP contribution in [0.15, 0.2) is 272 Å². The van der Waals surface area contributed by atoms with Gasteiger partial charge in [-0.15, -0.1) is 0 Å². The molecule has 2 atom stereocenters. The molecule has 0 bridgehead atoms. The molecule has 0 N–H and O–H groups in total. The Hall–Kier alpha value is -10.9. The third kappa shape index (κ3) is 8.06. The first-order chi connectivity index (χ1) is 42.5. The van der Waals surface area contributed by atoms with E-state index < -0.39 is 45.7 Å². The lowest BCUT2D eigenvalue weighted by Crippen LogP contribution is -2.29. The highest BCUT2D eigenvalue weighted by Gasteiger charge is 2.48. The van der Waals surface area contributed by atoms with E-state index in [2.05, 4.69) is 73.8 Å². The second-order valence-electron chi connectivity index (χ2n) is 22.0. The lowest BCUT2D eigenvalue weighted by Gasteiger charge is -2.35. The molecule has 3 nitrogen and oxygen atoms in total. The average Bonchev–Trinajstić information content (AvgIpc) is 1.58. The van der Waals surface area contributed by atoms with E-state index in [4.69, 9.17) is 4.42 Å². The standard InChI is InChI=1S/C78H48F6N2O/c1-3-47-19-23-49(24-20-47)77(51-27-31-53(79)32-28-51)63-13-7-5-11-59(63)61-39-35-55(43-65(61)77)85(57-37-41-67(81)69(83)45-57)71-15-9-17-73-75(71)76-72(16-10-18-74(76)87-73)86(58-38-42-68(82)70(84)46-58)56-36-40-62-60-12-6-8-14-64(60)78(66(62)44-56,52-29-33-54(80)34-30-52)50-25-21-48(4-2)22-26-50/h3-46H,1-2H2. The van der Waals surface area contributed by atoms with E-state index in [1.54, 1.807) is 12.2 Å². The van der Waals surface area contributed by atoms with Crippen molar-refractivity contribution in [1.29, 1.82) is 0 Å². The molecule has 15 rings (SSSR count). The van der Waals surface area contributed by atoms with Crippen molar-refractivity contribution < 1.29 is 30.8 Å². The zero-order valence-corrected chi connectivity index (χ0v) is 46.4. The number of halogens is 6. The van der Waals surface area contributed by atoms with Gasteiger partial charge in [-0.1, -0.05) is 171 Å². The minimum absolute atomic E-state index is 0.278. The highest BCUT2D eigenvalue weighted by atomic mass is 19.2. The molecule has 0 amide bonds. The second-order valence-corrected chi connectivity index (χ2v) is 22.0. The first-order valence-corrected chi connectivity index (χ1v) is 28.4. The molecular weight excluding hydrogens is 1090 g/mol. The molecule has 1 aromatic heterocycles. The molecule has 13 aromatic rings. The third-order valence-electron chi connectivity index (χ3n) is 17.6. The van der Waals surface area contributed by atoms with E-state index in [1.165, 1.54) is 36.4 Å². The SMILES string of the molecule is C=Cc1ccc(C2(c3ccc(F)cc3)c3ccccc3-c3ccc(N(c4ccc(F)c(F)c4)c4cccc5oc6cccc(N(c7ccc(F)c(F)c7)c7ccc8c(c7)C(c7ccc(F)cc7)(c7ccc(C=C)cc7)c7ccccc7-8)c6c45)cc32)cc1. The number of fused-ring (bicyclic) bond motifs is 9. The van der Waals surface area contributed by atoms with E-state index in [0.29, 0.717) is 44.7 Å². The molecule has 0 fully saturated rings. The summed E-state index contributed by atoms with van der Waals surface area (Å²) >= 11 is 0. The van der Waals surface area contributed by atoms with Gasteiger partial charge in [-0.2, -0.15) is 0 Å². The summed E-state index contributed by atoms with van der Waals surface area (Å²) in [6.45, 7) is 8.02. The summed E-state index contributed by atoms with van der Waals surface area (Å²) in [6.07, 6.45) is 3.56. The van der Waals surface area contributed by atoms with Crippen molar-refractivity contribution in [3.8, 4) is 22.3 Å². The largest absolute Gasteiger partial charge is 0.456 e. The number of hydrogen-bond acceptors (Lipinski definition) is 3. The van der Waals surface area contributed by atoms with E-state index in [1.807, 2.05) is 143 Å². The summed E-state index contributed by atoms with van der Waals surface area (Å²) in [4.78, 5) is 3.75. The third-order valence-corrected chi connectivity index (χ3v) is 17.6. The molecule has 0 aliphatic heterocycles. The minimum Gasteiger partial charge on any atom is -0.456 e. The van der Waals surface area contributed by atoms with Crippen molar-refractivity contribution in [2.45, 2.75) is 10.8 Å². The van der Waals surface area contributed by atoms with Gasteiger partial charge in [0.05, 0.1) is 33.0 Å². The van der Waals surface area contributed by atoms with Crippen LogP contribution in [0.2, 0.25) is 0 Å². The maximum Gasteiger partial charge on any atom is 0.160 e. The predicted octanol–water partition coefficient (Wildman–Crippen LogP) is 21.4. The lowest BCUT2D eigenvalue weighted by molar-refractivity contribution is 0.509. The van der Waals surface area contributed by atoms with Gasteiger partial charge in [-0.05, 0) is 175 Å². The lowest BCUT2D eigenvalue weighted by atomic mass is 9.67. The van der Waals surface area contributed by atoms with Gasteiger partial charge < -0.3 is 14.2 Å². The molecule has 0 radical (unpaired) electrons. The minimum atomic E-state index is -1.07. The average molecular weight is 1140 g/mol. The highest BCUT2D eigenvalue weighted by molar-refractivity contribution is 6.19. The molecule has 87 heavy (non-hydrogen) atoms. The maximum absolute atomic E-state index is 16.1. The first-order valence-electron chi connectivity index (χ1n) is 28.4. The maximum atomic E-state index is 16.1. The Labute approximate surface area is 497 Å². The smallest absolute Gasteiger partial charge is 0.160 e. The zero-order valence-electron chi connectivity index (χ0n) is 46.4. The number of rotatable bonds is 12. The van der Waals surface area contributed by atoms with E-state index in [-0.39, 0.29) is 11.4 Å². The fraction of sp³-hybridized carbons (Fsp3) is 0.0256. The van der Waals surface area contributed by atoms with Gasteiger partial charge in [-0.3, -0.25) is 0 Å². The van der Waals surface area contributed by atoms with Gasteiger partial charge in [0.15, 0.2) is 23.3 Å². The summed E-state index contributed by atoms with van der Waals surface area (Å²) < 4.78 is 99.9. The molecule has 2 aliphatic carbocycles. The molecule has 2 unspecified atom stereocenters. The Bertz CT molecular complexity index is 4630. The molecule has 2 aliphatic rings. The number of furan rings is 1. The molecule has 1 heterocycles. The van der Waals surface area contributed by atoms with E-state index >= 15 is 26.3 Å². The van der Waals surface area contributed by atoms with Crippen LogP contribution in [0.5, 0.6) is 0 Å². The van der Waals surface area contributed by atoms with Crippen LogP contribution in [-0.2, 0) is 10.8 Å². The van der Waals surface area contributed by atoms with Crippen molar-refractivity contribution in [2.75, 3.05) is 9.80 Å². The van der Waals surface area contributed by atoms with Gasteiger partial charge in [0, 0.05) is 34.9 Å². The fourth-order valence-electron chi connectivity index (χ4n) is 13.8. The van der Waals surface area contributed by atoms with Crippen LogP contribution in [0.3, 0.4) is 0 Å². The number of nitrogens with zero attached hydrogens (tertiary/aromatic N) is 2. The summed E-state index contributed by atoms with van der Waals surface area (Å²) in [5.41, 5.74) is 14.2. The van der Waals surface area contributed by atoms with Crippen LogP contribution in [0, 0.1) is 34.9 Å². The van der Waals surface area contributed by atoms with Gasteiger partial charge in [0.1, 0.15) is 22.8 Å². The van der Waals surface area contributed by atoms with Crippen molar-refractivity contribution in [1.82, 2.24) is 0 Å². The Kier molecular flexibility index (Phi) is 12.4. The Morgan fingerprint density at radius 2 is 0.655 bits per heavy atom. The van der Waals surface area contributed by atoms with Crippen LogP contribution in [0.1, 0.15) is 55.6 Å². The summed E-state index contributed by atoms with van der Waals surface area (Å²) in [5.74, 6) is -5.00. The molecular formula is C78H48F6N2O. The van der Waals surface area contributed by atoms with Crippen molar-refractivity contribution in [3.63, 3.8) is 0 Å². The summed E-state index contributed by atoms with van der Waals surface area (Å²) in [5, 5.41) is 1.12. The molecule has 12 aromatic carbocycles. The van der Waals surface area contributed by atoms with Crippen molar-refractivity contribution in [2.24, 2.45) is 0 Å². The topological polar surface area (TPSA) is 19.6 Å². The fourth-order valence-corrected chi connectivity index (χ4v) is 13.8. The normalized spacial score (nSPS) is 15.4. The van der Waals surface area contributed by atoms with Gasteiger partial charge in [0.2, 0.25) is 0 Å². The molecule has 0 saturated heterocycles. The molecule has 0 saturated carbocycles. The van der Waals surface area contributed by atoms with Crippen LogP contribution in [-0.4, -0.2) is 0 Å². The Morgan fingerprint density at radius 3 is 1.03 bits per heavy atom. The Morgan fingerprint density at radius 1 is 0.310 bits per heavy atom. The van der Waals surface area contributed by atoms with Crippen molar-refractivity contribution in [3.05, 3.63) is 358 Å². The van der Waals surface area contributed by atoms with Crippen LogP contribution >= 0.6 is 0 Å².